The fourth-order valence-corrected chi connectivity index (χ4v) is 2.17. The van der Waals surface area contributed by atoms with Crippen molar-refractivity contribution in [3.8, 4) is 5.88 Å². The fourth-order valence-electron chi connectivity index (χ4n) is 1.77. The molecule has 1 aromatic heterocycles. The molecule has 106 valence electrons. The van der Waals surface area contributed by atoms with E-state index >= 15 is 0 Å². The molecule has 7 heteroatoms. The van der Waals surface area contributed by atoms with Crippen LogP contribution in [0.2, 0.25) is 0 Å². The summed E-state index contributed by atoms with van der Waals surface area (Å²) >= 11 is 2.98. The zero-order chi connectivity index (χ0) is 14.7. The van der Waals surface area contributed by atoms with E-state index in [1.54, 1.807) is 0 Å². The molecule has 1 N–H and O–H groups in total. The van der Waals surface area contributed by atoms with Crippen LogP contribution in [-0.4, -0.2) is 22.2 Å². The first-order chi connectivity index (χ1) is 9.51. The van der Waals surface area contributed by atoms with Gasteiger partial charge in [-0.1, -0.05) is 15.9 Å². The average Bonchev–Trinajstić information content (AvgIpc) is 2.37. The van der Waals surface area contributed by atoms with Crippen LogP contribution >= 0.6 is 15.9 Å². The normalized spacial score (nSPS) is 12.2. The monoisotopic (exact) mass is 344 g/mol. The van der Waals surface area contributed by atoms with E-state index in [0.717, 1.165) is 12.1 Å². The van der Waals surface area contributed by atoms with E-state index < -0.39 is 17.7 Å². The molecular weight excluding hydrogens is 334 g/mol. The van der Waals surface area contributed by atoms with Gasteiger partial charge in [-0.2, -0.15) is 0 Å². The van der Waals surface area contributed by atoms with Gasteiger partial charge in [-0.15, -0.1) is 0 Å². The van der Waals surface area contributed by atoms with Gasteiger partial charge in [-0.3, -0.25) is 0 Å². The van der Waals surface area contributed by atoms with Crippen molar-refractivity contribution in [3.63, 3.8) is 0 Å². The summed E-state index contributed by atoms with van der Waals surface area (Å²) in [6.45, 7) is 0. The lowest BCUT2D eigenvalue weighted by molar-refractivity contribution is 0.167. The second kappa shape index (κ2) is 6.23. The maximum Gasteiger partial charge on any atom is 0.216 e. The summed E-state index contributed by atoms with van der Waals surface area (Å²) in [5.41, 5.74) is 0.0387. The third kappa shape index (κ3) is 3.29. The van der Waals surface area contributed by atoms with Crippen molar-refractivity contribution in [2.75, 3.05) is 7.11 Å². The van der Waals surface area contributed by atoms with Crippen LogP contribution in [0.25, 0.3) is 0 Å². The van der Waals surface area contributed by atoms with Crippen LogP contribution in [0.15, 0.2) is 29.0 Å². The van der Waals surface area contributed by atoms with Crippen LogP contribution in [0, 0.1) is 11.6 Å². The lowest BCUT2D eigenvalue weighted by Gasteiger charge is -2.13. The fraction of sp³-hybridized carbons (Fsp3) is 0.231. The van der Waals surface area contributed by atoms with Crippen LogP contribution in [-0.2, 0) is 6.42 Å². The van der Waals surface area contributed by atoms with Gasteiger partial charge in [0.05, 0.1) is 24.5 Å². The van der Waals surface area contributed by atoms with Gasteiger partial charge in [0, 0.05) is 17.0 Å². The number of benzene rings is 1. The highest BCUT2D eigenvalue weighted by molar-refractivity contribution is 9.10. The van der Waals surface area contributed by atoms with E-state index in [-0.39, 0.29) is 16.5 Å². The minimum atomic E-state index is -1.34. The van der Waals surface area contributed by atoms with Crippen molar-refractivity contribution >= 4 is 15.9 Å². The topological polar surface area (TPSA) is 55.2 Å². The average molecular weight is 345 g/mol. The molecule has 0 amide bonds. The zero-order valence-electron chi connectivity index (χ0n) is 10.5. The highest BCUT2D eigenvalue weighted by Crippen LogP contribution is 2.27. The van der Waals surface area contributed by atoms with Crippen LogP contribution in [0.1, 0.15) is 17.4 Å². The first-order valence-corrected chi connectivity index (χ1v) is 6.48. The summed E-state index contributed by atoms with van der Waals surface area (Å²) in [5, 5.41) is 9.99. The minimum absolute atomic E-state index is 0.0473. The van der Waals surface area contributed by atoms with E-state index in [2.05, 4.69) is 25.9 Å². The second-order valence-corrected chi connectivity index (χ2v) is 4.97. The molecule has 1 unspecified atom stereocenters. The van der Waals surface area contributed by atoms with Crippen LogP contribution in [0.5, 0.6) is 5.88 Å². The summed E-state index contributed by atoms with van der Waals surface area (Å²) in [5.74, 6) is -1.31. The molecule has 0 radical (unpaired) electrons. The van der Waals surface area contributed by atoms with E-state index in [0.29, 0.717) is 11.6 Å². The highest BCUT2D eigenvalue weighted by Gasteiger charge is 2.20. The van der Waals surface area contributed by atoms with Crippen molar-refractivity contribution in [1.29, 1.82) is 0 Å². The standard InChI is InChI=1S/C13H11BrF2N2O2/c1-20-12-5-8(17-6-18-12)4-11(19)13-9(15)2-7(14)3-10(13)16/h2-3,5-6,11,19H,4H2,1H3. The van der Waals surface area contributed by atoms with Crippen LogP contribution in [0.3, 0.4) is 0 Å². The van der Waals surface area contributed by atoms with Gasteiger partial charge in [0.25, 0.3) is 0 Å². The molecule has 20 heavy (non-hydrogen) atoms. The molecule has 0 aliphatic carbocycles. The molecule has 0 aliphatic heterocycles. The summed E-state index contributed by atoms with van der Waals surface area (Å²) in [6.07, 6.45) is -0.133. The summed E-state index contributed by atoms with van der Waals surface area (Å²) in [4.78, 5) is 7.74. The van der Waals surface area contributed by atoms with Gasteiger partial charge in [0.1, 0.15) is 18.0 Å². The number of halogens is 3. The van der Waals surface area contributed by atoms with E-state index in [9.17, 15) is 13.9 Å². The smallest absolute Gasteiger partial charge is 0.216 e. The quantitative estimate of drug-likeness (QED) is 0.926. The Morgan fingerprint density at radius 1 is 1.25 bits per heavy atom. The summed E-state index contributed by atoms with van der Waals surface area (Å²) in [6, 6.07) is 3.70. The first-order valence-electron chi connectivity index (χ1n) is 5.68. The Morgan fingerprint density at radius 3 is 2.50 bits per heavy atom. The number of rotatable bonds is 4. The lowest BCUT2D eigenvalue weighted by Crippen LogP contribution is -2.09. The Hall–Kier alpha value is -1.60. The number of hydrogen-bond donors (Lipinski definition) is 1. The number of aliphatic hydroxyl groups excluding tert-OH is 1. The lowest BCUT2D eigenvalue weighted by atomic mass is 10.0. The van der Waals surface area contributed by atoms with Crippen molar-refractivity contribution in [2.45, 2.75) is 12.5 Å². The number of ether oxygens (including phenoxy) is 1. The third-order valence-corrected chi connectivity index (χ3v) is 3.15. The summed E-state index contributed by atoms with van der Waals surface area (Å²) < 4.78 is 32.6. The molecule has 0 aliphatic rings. The second-order valence-electron chi connectivity index (χ2n) is 4.05. The Balaban J connectivity index is 2.26. The number of nitrogens with zero attached hydrogens (tertiary/aromatic N) is 2. The van der Waals surface area contributed by atoms with Gasteiger partial charge < -0.3 is 9.84 Å². The van der Waals surface area contributed by atoms with Gasteiger partial charge in [-0.05, 0) is 12.1 Å². The molecule has 0 saturated carbocycles. The number of methoxy groups -OCH3 is 1. The van der Waals surface area contributed by atoms with E-state index in [4.69, 9.17) is 4.74 Å². The Kier molecular flexibility index (Phi) is 4.61. The first kappa shape index (κ1) is 14.8. The van der Waals surface area contributed by atoms with Gasteiger partial charge in [0.15, 0.2) is 0 Å². The third-order valence-electron chi connectivity index (χ3n) is 2.69. The van der Waals surface area contributed by atoms with Crippen molar-refractivity contribution in [2.24, 2.45) is 0 Å². The SMILES string of the molecule is COc1cc(CC(O)c2c(F)cc(Br)cc2F)ncn1. The van der Waals surface area contributed by atoms with Gasteiger partial charge in [-0.25, -0.2) is 18.7 Å². The minimum Gasteiger partial charge on any atom is -0.481 e. The van der Waals surface area contributed by atoms with E-state index in [1.807, 2.05) is 0 Å². The molecule has 0 bridgehead atoms. The predicted octanol–water partition coefficient (Wildman–Crippen LogP) is 2.80. The maximum absolute atomic E-state index is 13.7. The number of hydrogen-bond acceptors (Lipinski definition) is 4. The molecule has 1 heterocycles. The Labute approximate surface area is 122 Å². The van der Waals surface area contributed by atoms with Gasteiger partial charge >= 0.3 is 0 Å². The molecule has 1 atom stereocenters. The number of aromatic nitrogens is 2. The molecule has 0 fully saturated rings. The Bertz CT molecular complexity index is 602. The Morgan fingerprint density at radius 2 is 1.90 bits per heavy atom. The molecule has 2 aromatic rings. The molecule has 0 spiro atoms. The molecule has 4 nitrogen and oxygen atoms in total. The maximum atomic E-state index is 13.7. The largest absolute Gasteiger partial charge is 0.481 e. The van der Waals surface area contributed by atoms with E-state index in [1.165, 1.54) is 19.5 Å². The highest BCUT2D eigenvalue weighted by atomic mass is 79.9. The van der Waals surface area contributed by atoms with Crippen LogP contribution in [0.4, 0.5) is 8.78 Å². The van der Waals surface area contributed by atoms with Crippen LogP contribution < -0.4 is 4.74 Å². The zero-order valence-corrected chi connectivity index (χ0v) is 12.1. The van der Waals surface area contributed by atoms with Crippen molar-refractivity contribution in [1.82, 2.24) is 9.97 Å². The summed E-state index contributed by atoms with van der Waals surface area (Å²) in [7, 11) is 1.44. The molecule has 0 saturated heterocycles. The van der Waals surface area contributed by atoms with Gasteiger partial charge in [0.2, 0.25) is 5.88 Å². The predicted molar refractivity (Wildman–Crippen MR) is 71.3 cm³/mol. The molecule has 1 aromatic carbocycles. The van der Waals surface area contributed by atoms with Crippen molar-refractivity contribution < 1.29 is 18.6 Å². The van der Waals surface area contributed by atoms with Crippen molar-refractivity contribution in [3.05, 3.63) is 51.9 Å². The molecule has 2 rings (SSSR count). The molecular formula is C13H11BrF2N2O2. The number of aliphatic hydroxyl groups is 1.